The maximum atomic E-state index is 12.3. The van der Waals surface area contributed by atoms with Crippen molar-refractivity contribution in [2.45, 2.75) is 18.2 Å². The van der Waals surface area contributed by atoms with Crippen molar-refractivity contribution in [2.75, 3.05) is 20.2 Å². The minimum Gasteiger partial charge on any atom is -0.465 e. The number of benzene rings is 1. The molecular weight excluding hydrogens is 312 g/mol. The van der Waals surface area contributed by atoms with Gasteiger partial charge in [0.2, 0.25) is 10.0 Å². The van der Waals surface area contributed by atoms with Crippen molar-refractivity contribution in [1.29, 1.82) is 0 Å². The van der Waals surface area contributed by atoms with E-state index in [9.17, 15) is 13.2 Å². The van der Waals surface area contributed by atoms with Crippen LogP contribution >= 0.6 is 12.2 Å². The van der Waals surface area contributed by atoms with Crippen molar-refractivity contribution in [1.82, 2.24) is 4.31 Å². The molecule has 0 heterocycles. The summed E-state index contributed by atoms with van der Waals surface area (Å²) in [6.07, 6.45) is 0.411. The molecule has 0 aliphatic heterocycles. The van der Waals surface area contributed by atoms with Crippen molar-refractivity contribution in [3.8, 4) is 0 Å². The lowest BCUT2D eigenvalue weighted by Gasteiger charge is -2.16. The molecular formula is C13H18N2O4S2. The monoisotopic (exact) mass is 330 g/mol. The molecule has 0 fully saturated rings. The van der Waals surface area contributed by atoms with Gasteiger partial charge < -0.3 is 10.5 Å². The van der Waals surface area contributed by atoms with Gasteiger partial charge >= 0.3 is 5.97 Å². The third-order valence-corrected chi connectivity index (χ3v) is 4.63. The lowest BCUT2D eigenvalue weighted by Crippen LogP contribution is -2.33. The molecule has 0 aliphatic carbocycles. The fraction of sp³-hybridized carbons (Fsp3) is 0.385. The molecule has 0 radical (unpaired) electrons. The van der Waals surface area contributed by atoms with Crippen LogP contribution in [0.4, 0.5) is 0 Å². The van der Waals surface area contributed by atoms with Crippen LogP contribution in [0, 0.1) is 0 Å². The standard InChI is InChI=1S/C13H18N2O4S2/c1-3-19-13(16)9-15(2)21(17,18)11-6-4-10(5-7-11)8-12(14)20/h4-7H,3,8-9H2,1-2H3,(H2,14,20). The highest BCUT2D eigenvalue weighted by Crippen LogP contribution is 2.15. The number of nitrogens with two attached hydrogens (primary N) is 1. The minimum atomic E-state index is -3.73. The van der Waals surface area contributed by atoms with E-state index in [0.717, 1.165) is 9.87 Å². The molecule has 0 atom stereocenters. The Kier molecular flexibility index (Phi) is 6.25. The third kappa shape index (κ3) is 5.07. The van der Waals surface area contributed by atoms with Crippen LogP contribution in [0.2, 0.25) is 0 Å². The number of thiocarbonyl (C=S) groups is 1. The van der Waals surface area contributed by atoms with Crippen LogP contribution in [-0.4, -0.2) is 43.9 Å². The summed E-state index contributed by atoms with van der Waals surface area (Å²) in [6, 6.07) is 6.21. The summed E-state index contributed by atoms with van der Waals surface area (Å²) in [5.41, 5.74) is 6.26. The van der Waals surface area contributed by atoms with Crippen LogP contribution in [0.15, 0.2) is 29.2 Å². The van der Waals surface area contributed by atoms with Crippen molar-refractivity contribution in [3.63, 3.8) is 0 Å². The van der Waals surface area contributed by atoms with E-state index >= 15 is 0 Å². The highest BCUT2D eigenvalue weighted by molar-refractivity contribution is 7.89. The Morgan fingerprint density at radius 2 is 1.90 bits per heavy atom. The zero-order chi connectivity index (χ0) is 16.0. The number of likely N-dealkylation sites (N-methyl/N-ethyl adjacent to an activating group) is 1. The van der Waals surface area contributed by atoms with Gasteiger partial charge in [-0.25, -0.2) is 8.42 Å². The van der Waals surface area contributed by atoms with Gasteiger partial charge in [0.05, 0.1) is 16.5 Å². The lowest BCUT2D eigenvalue weighted by atomic mass is 10.1. The van der Waals surface area contributed by atoms with Crippen LogP contribution in [0.1, 0.15) is 12.5 Å². The number of esters is 1. The summed E-state index contributed by atoms with van der Waals surface area (Å²) < 4.78 is 30.2. The molecule has 116 valence electrons. The summed E-state index contributed by atoms with van der Waals surface area (Å²) in [5.74, 6) is -0.589. The van der Waals surface area contributed by atoms with E-state index in [2.05, 4.69) is 0 Å². The molecule has 0 unspecified atom stereocenters. The molecule has 6 nitrogen and oxygen atoms in total. The van der Waals surface area contributed by atoms with E-state index in [1.54, 1.807) is 19.1 Å². The van der Waals surface area contributed by atoms with Crippen LogP contribution < -0.4 is 5.73 Å². The molecule has 1 aromatic rings. The highest BCUT2D eigenvalue weighted by Gasteiger charge is 2.23. The minimum absolute atomic E-state index is 0.0981. The first-order valence-corrected chi connectivity index (χ1v) is 8.11. The number of rotatable bonds is 7. The van der Waals surface area contributed by atoms with Gasteiger partial charge in [0, 0.05) is 13.5 Å². The van der Waals surface area contributed by atoms with E-state index in [1.807, 2.05) is 0 Å². The predicted molar refractivity (Wildman–Crippen MR) is 83.4 cm³/mol. The first kappa shape index (κ1) is 17.5. The molecule has 0 amide bonds. The van der Waals surface area contributed by atoms with Gasteiger partial charge in [-0.2, -0.15) is 4.31 Å². The van der Waals surface area contributed by atoms with Crippen LogP contribution in [-0.2, 0) is 26.0 Å². The van der Waals surface area contributed by atoms with Gasteiger partial charge in [0.1, 0.15) is 6.54 Å². The Labute approximate surface area is 129 Å². The lowest BCUT2D eigenvalue weighted by molar-refractivity contribution is -0.143. The molecule has 1 rings (SSSR count). The second-order valence-corrected chi connectivity index (χ2v) is 6.92. The number of hydrogen-bond donors (Lipinski definition) is 1. The maximum Gasteiger partial charge on any atom is 0.321 e. The Hall–Kier alpha value is -1.51. The second-order valence-electron chi connectivity index (χ2n) is 4.35. The number of carbonyl (C=O) groups is 1. The molecule has 0 spiro atoms. The van der Waals surface area contributed by atoms with Gasteiger partial charge in [-0.15, -0.1) is 0 Å². The van der Waals surface area contributed by atoms with E-state index in [-0.39, 0.29) is 18.0 Å². The van der Waals surface area contributed by atoms with Gasteiger partial charge in [0.25, 0.3) is 0 Å². The number of carbonyl (C=O) groups excluding carboxylic acids is 1. The molecule has 0 saturated heterocycles. The van der Waals surface area contributed by atoms with E-state index in [0.29, 0.717) is 11.4 Å². The van der Waals surface area contributed by atoms with Gasteiger partial charge in [0.15, 0.2) is 0 Å². The van der Waals surface area contributed by atoms with Crippen LogP contribution in [0.3, 0.4) is 0 Å². The molecule has 0 aromatic heterocycles. The number of sulfonamides is 1. The summed E-state index contributed by atoms with van der Waals surface area (Å²) in [7, 11) is -2.40. The van der Waals surface area contributed by atoms with E-state index in [1.165, 1.54) is 19.2 Å². The third-order valence-electron chi connectivity index (χ3n) is 2.67. The molecule has 0 bridgehead atoms. The summed E-state index contributed by atoms with van der Waals surface area (Å²) in [5, 5.41) is 0. The van der Waals surface area contributed by atoms with E-state index in [4.69, 9.17) is 22.7 Å². The molecule has 2 N–H and O–H groups in total. The average Bonchev–Trinajstić information content (AvgIpc) is 2.38. The normalized spacial score (nSPS) is 11.4. The van der Waals surface area contributed by atoms with E-state index < -0.39 is 16.0 Å². The molecule has 21 heavy (non-hydrogen) atoms. The Bertz CT molecular complexity index is 612. The van der Waals surface area contributed by atoms with Gasteiger partial charge in [-0.1, -0.05) is 24.4 Å². The van der Waals surface area contributed by atoms with Crippen molar-refractivity contribution < 1.29 is 17.9 Å². The molecule has 0 saturated carbocycles. The van der Waals surface area contributed by atoms with Gasteiger partial charge in [-0.3, -0.25) is 4.79 Å². The SMILES string of the molecule is CCOC(=O)CN(C)S(=O)(=O)c1ccc(CC(N)=S)cc1. The summed E-state index contributed by atoms with van der Waals surface area (Å²) in [6.45, 7) is 1.54. The first-order chi connectivity index (χ1) is 9.77. The Morgan fingerprint density at radius 1 is 1.33 bits per heavy atom. The maximum absolute atomic E-state index is 12.3. The quantitative estimate of drug-likeness (QED) is 0.585. The summed E-state index contributed by atoms with van der Waals surface area (Å²) in [4.78, 5) is 11.8. The Balaban J connectivity index is 2.86. The molecule has 0 aliphatic rings. The molecule has 1 aromatic carbocycles. The average molecular weight is 330 g/mol. The predicted octanol–water partition coefficient (Wildman–Crippen LogP) is 0.699. The fourth-order valence-corrected chi connectivity index (χ4v) is 2.92. The zero-order valence-corrected chi connectivity index (χ0v) is 13.5. The van der Waals surface area contributed by atoms with Crippen molar-refractivity contribution in [2.24, 2.45) is 5.73 Å². The summed E-state index contributed by atoms with van der Waals surface area (Å²) >= 11 is 4.80. The van der Waals surface area contributed by atoms with Crippen LogP contribution in [0.25, 0.3) is 0 Å². The topological polar surface area (TPSA) is 89.7 Å². The van der Waals surface area contributed by atoms with Crippen molar-refractivity contribution >= 4 is 33.2 Å². The number of nitrogens with zero attached hydrogens (tertiary/aromatic N) is 1. The van der Waals surface area contributed by atoms with Crippen molar-refractivity contribution in [3.05, 3.63) is 29.8 Å². The smallest absolute Gasteiger partial charge is 0.321 e. The number of hydrogen-bond acceptors (Lipinski definition) is 5. The molecule has 8 heteroatoms. The zero-order valence-electron chi connectivity index (χ0n) is 11.9. The second kappa shape index (κ2) is 7.48. The first-order valence-electron chi connectivity index (χ1n) is 6.26. The largest absolute Gasteiger partial charge is 0.465 e. The Morgan fingerprint density at radius 3 is 2.38 bits per heavy atom. The van der Waals surface area contributed by atoms with Gasteiger partial charge in [-0.05, 0) is 24.6 Å². The van der Waals surface area contributed by atoms with Crippen LogP contribution in [0.5, 0.6) is 0 Å². The fourth-order valence-electron chi connectivity index (χ4n) is 1.63. The number of ether oxygens (including phenoxy) is 1. The highest BCUT2D eigenvalue weighted by atomic mass is 32.2.